The molecule has 6 heteroatoms. The molecule has 2 heterocycles. The Morgan fingerprint density at radius 3 is 2.85 bits per heavy atom. The highest BCUT2D eigenvalue weighted by molar-refractivity contribution is 5.76. The molecule has 26 heavy (non-hydrogen) atoms. The zero-order chi connectivity index (χ0) is 18.0. The molecule has 4 rings (SSSR count). The van der Waals surface area contributed by atoms with Crippen LogP contribution in [0.15, 0.2) is 42.6 Å². The van der Waals surface area contributed by atoms with Gasteiger partial charge in [0.1, 0.15) is 24.5 Å². The summed E-state index contributed by atoms with van der Waals surface area (Å²) in [6.07, 6.45) is 5.68. The third-order valence-corrected chi connectivity index (χ3v) is 5.11. The lowest BCUT2D eigenvalue weighted by atomic mass is 9.93. The lowest BCUT2D eigenvalue weighted by molar-refractivity contribution is -0.140. The zero-order valence-electron chi connectivity index (χ0n) is 14.9. The molecule has 1 saturated heterocycles. The third kappa shape index (κ3) is 4.07. The molecule has 2 aliphatic rings. The van der Waals surface area contributed by atoms with Crippen LogP contribution in [0.2, 0.25) is 0 Å². The van der Waals surface area contributed by atoms with Crippen LogP contribution in [0.3, 0.4) is 0 Å². The SMILES string of the molecule is O=C(Cn1ccc(C2CC2)n1)N1CCC[C@@](O)(COc2ccccc2)C1. The van der Waals surface area contributed by atoms with E-state index in [0.29, 0.717) is 25.4 Å². The summed E-state index contributed by atoms with van der Waals surface area (Å²) < 4.78 is 7.44. The maximum absolute atomic E-state index is 12.6. The molecule has 1 aromatic heterocycles. The number of para-hydroxylation sites is 1. The zero-order valence-corrected chi connectivity index (χ0v) is 14.9. The molecule has 1 aliphatic carbocycles. The largest absolute Gasteiger partial charge is 0.491 e. The van der Waals surface area contributed by atoms with Crippen molar-refractivity contribution in [1.29, 1.82) is 0 Å². The standard InChI is InChI=1S/C20H25N3O3/c24-19(13-23-12-9-18(21-23)16-7-8-16)22-11-4-10-20(25,14-22)15-26-17-5-2-1-3-6-17/h1-3,5-6,9,12,16,25H,4,7-8,10-11,13-15H2/t20-/m0/s1. The van der Waals surface area contributed by atoms with Gasteiger partial charge in [-0.2, -0.15) is 5.10 Å². The number of hydrogen-bond acceptors (Lipinski definition) is 4. The van der Waals surface area contributed by atoms with E-state index in [1.54, 1.807) is 9.58 Å². The third-order valence-electron chi connectivity index (χ3n) is 5.11. The average Bonchev–Trinajstić information content (AvgIpc) is 3.41. The van der Waals surface area contributed by atoms with E-state index in [9.17, 15) is 9.90 Å². The first-order valence-corrected chi connectivity index (χ1v) is 9.33. The van der Waals surface area contributed by atoms with E-state index in [4.69, 9.17) is 4.74 Å². The van der Waals surface area contributed by atoms with Crippen LogP contribution in [0.4, 0.5) is 0 Å². The van der Waals surface area contributed by atoms with Crippen LogP contribution in [0.25, 0.3) is 0 Å². The van der Waals surface area contributed by atoms with Crippen LogP contribution in [-0.4, -0.2) is 51.0 Å². The molecule has 2 fully saturated rings. The highest BCUT2D eigenvalue weighted by atomic mass is 16.5. The number of ether oxygens (including phenoxy) is 1. The van der Waals surface area contributed by atoms with Crippen molar-refractivity contribution in [2.24, 2.45) is 0 Å². The van der Waals surface area contributed by atoms with Crippen molar-refractivity contribution in [2.75, 3.05) is 19.7 Å². The van der Waals surface area contributed by atoms with Gasteiger partial charge in [-0.05, 0) is 43.9 Å². The van der Waals surface area contributed by atoms with E-state index >= 15 is 0 Å². The van der Waals surface area contributed by atoms with Gasteiger partial charge >= 0.3 is 0 Å². The molecule has 1 N–H and O–H groups in total. The highest BCUT2D eigenvalue weighted by Crippen LogP contribution is 2.38. The maximum atomic E-state index is 12.6. The molecule has 0 bridgehead atoms. The van der Waals surface area contributed by atoms with Gasteiger partial charge in [-0.15, -0.1) is 0 Å². The van der Waals surface area contributed by atoms with E-state index in [2.05, 4.69) is 5.10 Å². The maximum Gasteiger partial charge on any atom is 0.244 e. The van der Waals surface area contributed by atoms with Gasteiger partial charge in [0.05, 0.1) is 12.2 Å². The number of hydrogen-bond donors (Lipinski definition) is 1. The number of carbonyl (C=O) groups excluding carboxylic acids is 1. The predicted octanol–water partition coefficient (Wildman–Crippen LogP) is 2.19. The molecule has 1 aliphatic heterocycles. The van der Waals surface area contributed by atoms with Gasteiger partial charge in [0.15, 0.2) is 0 Å². The Balaban J connectivity index is 1.33. The second kappa shape index (κ2) is 7.11. The minimum absolute atomic E-state index is 0.00622. The van der Waals surface area contributed by atoms with E-state index in [-0.39, 0.29) is 19.1 Å². The summed E-state index contributed by atoms with van der Waals surface area (Å²) in [4.78, 5) is 14.4. The number of aliphatic hydroxyl groups is 1. The summed E-state index contributed by atoms with van der Waals surface area (Å²) in [6, 6.07) is 11.5. The van der Waals surface area contributed by atoms with Crippen molar-refractivity contribution in [1.82, 2.24) is 14.7 Å². The molecular formula is C20H25N3O3. The normalized spacial score (nSPS) is 23.0. The number of amides is 1. The first-order valence-electron chi connectivity index (χ1n) is 9.33. The minimum Gasteiger partial charge on any atom is -0.491 e. The molecule has 6 nitrogen and oxygen atoms in total. The van der Waals surface area contributed by atoms with Gasteiger partial charge in [-0.25, -0.2) is 0 Å². The van der Waals surface area contributed by atoms with E-state index < -0.39 is 5.60 Å². The molecule has 1 atom stereocenters. The topological polar surface area (TPSA) is 67.6 Å². The number of β-amino-alcohol motifs (C(OH)–C–C–N with tert-alkyl or cyclic N) is 1. The van der Waals surface area contributed by atoms with Crippen LogP contribution in [0, 0.1) is 0 Å². The summed E-state index contributed by atoms with van der Waals surface area (Å²) >= 11 is 0. The van der Waals surface area contributed by atoms with Crippen LogP contribution in [-0.2, 0) is 11.3 Å². The quantitative estimate of drug-likeness (QED) is 0.863. The fraction of sp³-hybridized carbons (Fsp3) is 0.500. The van der Waals surface area contributed by atoms with E-state index in [1.165, 1.54) is 12.8 Å². The van der Waals surface area contributed by atoms with Crippen LogP contribution in [0.1, 0.15) is 37.3 Å². The minimum atomic E-state index is -1.01. The first kappa shape index (κ1) is 17.1. The average molecular weight is 355 g/mol. The number of piperidine rings is 1. The van der Waals surface area contributed by atoms with Gasteiger partial charge in [-0.1, -0.05) is 18.2 Å². The molecule has 138 valence electrons. The van der Waals surface area contributed by atoms with Crippen LogP contribution >= 0.6 is 0 Å². The van der Waals surface area contributed by atoms with Gasteiger partial charge < -0.3 is 14.7 Å². The number of benzene rings is 1. The summed E-state index contributed by atoms with van der Waals surface area (Å²) in [5.41, 5.74) is 0.0803. The van der Waals surface area contributed by atoms with Gasteiger partial charge in [-0.3, -0.25) is 9.48 Å². The van der Waals surface area contributed by atoms with Crippen molar-refractivity contribution < 1.29 is 14.6 Å². The molecule has 1 aromatic carbocycles. The molecule has 0 radical (unpaired) electrons. The number of nitrogens with zero attached hydrogens (tertiary/aromatic N) is 3. The van der Waals surface area contributed by atoms with Crippen molar-refractivity contribution in [3.63, 3.8) is 0 Å². The molecule has 2 aromatic rings. The number of rotatable bonds is 6. The highest BCUT2D eigenvalue weighted by Gasteiger charge is 2.36. The summed E-state index contributed by atoms with van der Waals surface area (Å²) in [5.74, 6) is 1.31. The van der Waals surface area contributed by atoms with Gasteiger partial charge in [0, 0.05) is 18.7 Å². The monoisotopic (exact) mass is 355 g/mol. The first-order chi connectivity index (χ1) is 12.6. The Morgan fingerprint density at radius 2 is 2.08 bits per heavy atom. The summed E-state index contributed by atoms with van der Waals surface area (Å²) in [5, 5.41) is 15.4. The summed E-state index contributed by atoms with van der Waals surface area (Å²) in [6.45, 7) is 1.38. The second-order valence-electron chi connectivity index (χ2n) is 7.46. The fourth-order valence-corrected chi connectivity index (χ4v) is 3.48. The molecule has 1 amide bonds. The molecule has 0 unspecified atom stereocenters. The Bertz CT molecular complexity index is 757. The Labute approximate surface area is 153 Å². The molecular weight excluding hydrogens is 330 g/mol. The number of likely N-dealkylation sites (tertiary alicyclic amines) is 1. The van der Waals surface area contributed by atoms with Crippen LogP contribution < -0.4 is 4.74 Å². The second-order valence-corrected chi connectivity index (χ2v) is 7.46. The van der Waals surface area contributed by atoms with Crippen molar-refractivity contribution in [3.05, 3.63) is 48.3 Å². The van der Waals surface area contributed by atoms with Crippen molar-refractivity contribution >= 4 is 5.91 Å². The van der Waals surface area contributed by atoms with E-state index in [0.717, 1.165) is 17.9 Å². The van der Waals surface area contributed by atoms with Crippen molar-refractivity contribution in [3.8, 4) is 5.75 Å². The number of carbonyl (C=O) groups is 1. The summed E-state index contributed by atoms with van der Waals surface area (Å²) in [7, 11) is 0. The van der Waals surface area contributed by atoms with Crippen LogP contribution in [0.5, 0.6) is 5.75 Å². The van der Waals surface area contributed by atoms with Crippen molar-refractivity contribution in [2.45, 2.75) is 43.7 Å². The Kier molecular flexibility index (Phi) is 4.68. The molecule has 1 saturated carbocycles. The van der Waals surface area contributed by atoms with Gasteiger partial charge in [0.2, 0.25) is 5.91 Å². The Hall–Kier alpha value is -2.34. The number of aromatic nitrogens is 2. The molecule has 0 spiro atoms. The predicted molar refractivity (Wildman–Crippen MR) is 96.9 cm³/mol. The lowest BCUT2D eigenvalue weighted by Gasteiger charge is -2.38. The van der Waals surface area contributed by atoms with Gasteiger partial charge in [0.25, 0.3) is 0 Å². The van der Waals surface area contributed by atoms with E-state index in [1.807, 2.05) is 42.6 Å². The smallest absolute Gasteiger partial charge is 0.244 e. The Morgan fingerprint density at radius 1 is 1.27 bits per heavy atom. The fourth-order valence-electron chi connectivity index (χ4n) is 3.48. The lowest BCUT2D eigenvalue weighted by Crippen LogP contribution is -2.53.